The first kappa shape index (κ1) is 28.7. The molecule has 0 bridgehead atoms. The number of rotatable bonds is 8. The molecule has 7 rings (SSSR count). The van der Waals surface area contributed by atoms with Gasteiger partial charge in [-0.05, 0) is 50.2 Å². The van der Waals surface area contributed by atoms with Crippen LogP contribution in [-0.4, -0.2) is 25.8 Å². The third-order valence-corrected chi connectivity index (χ3v) is 7.98. The summed E-state index contributed by atoms with van der Waals surface area (Å²) < 4.78 is 4.04. The van der Waals surface area contributed by atoms with E-state index in [2.05, 4.69) is 121 Å². The van der Waals surface area contributed by atoms with Gasteiger partial charge in [0.2, 0.25) is 0 Å². The van der Waals surface area contributed by atoms with Gasteiger partial charge in [-0.25, -0.2) is 14.3 Å². The maximum atomic E-state index is 5.15. The van der Waals surface area contributed by atoms with Crippen molar-refractivity contribution in [2.75, 3.05) is 0 Å². The molecule has 3 heterocycles. The van der Waals surface area contributed by atoms with Crippen molar-refractivity contribution in [1.82, 2.24) is 14.3 Å². The van der Waals surface area contributed by atoms with Gasteiger partial charge in [0.25, 0.3) is 0 Å². The van der Waals surface area contributed by atoms with Crippen LogP contribution in [0.3, 0.4) is 0 Å². The lowest BCUT2D eigenvalue weighted by atomic mass is 10.1. The van der Waals surface area contributed by atoms with Crippen LogP contribution < -0.4 is 0 Å². The van der Waals surface area contributed by atoms with Gasteiger partial charge in [-0.15, -0.1) is 0 Å². The van der Waals surface area contributed by atoms with E-state index in [0.29, 0.717) is 0 Å². The van der Waals surface area contributed by atoms with E-state index in [1.807, 2.05) is 65.7 Å². The molecule has 0 aliphatic carbocycles. The molecule has 0 saturated carbocycles. The number of benzene rings is 4. The van der Waals surface area contributed by atoms with E-state index in [-0.39, 0.29) is 0 Å². The zero-order chi connectivity index (χ0) is 31.3. The first-order valence-corrected chi connectivity index (χ1v) is 15.4. The molecule has 5 nitrogen and oxygen atoms in total. The van der Waals surface area contributed by atoms with Crippen LogP contribution in [0.4, 0.5) is 0 Å². The Kier molecular flexibility index (Phi) is 8.04. The number of hydrogen-bond acceptors (Lipinski definition) is 3. The number of pyridine rings is 1. The quantitative estimate of drug-likeness (QED) is 0.161. The smallest absolute Gasteiger partial charge is 0.0867 e. The maximum absolute atomic E-state index is 5.15. The summed E-state index contributed by atoms with van der Waals surface area (Å²) in [7, 11) is 0. The second-order valence-corrected chi connectivity index (χ2v) is 11.1. The molecule has 3 aromatic heterocycles. The second-order valence-electron chi connectivity index (χ2n) is 11.1. The van der Waals surface area contributed by atoms with Crippen LogP contribution in [0.15, 0.2) is 174 Å². The average Bonchev–Trinajstić information content (AvgIpc) is 3.74. The first-order chi connectivity index (χ1) is 22.7. The van der Waals surface area contributed by atoms with Crippen LogP contribution >= 0.6 is 0 Å². The van der Waals surface area contributed by atoms with Gasteiger partial charge >= 0.3 is 0 Å². The van der Waals surface area contributed by atoms with Gasteiger partial charge < -0.3 is 0 Å². The fourth-order valence-corrected chi connectivity index (χ4v) is 5.62. The first-order valence-electron chi connectivity index (χ1n) is 15.4. The molecule has 46 heavy (non-hydrogen) atoms. The van der Waals surface area contributed by atoms with E-state index in [0.717, 1.165) is 67.8 Å². The van der Waals surface area contributed by atoms with Crippen LogP contribution in [-0.2, 0) is 0 Å². The standard InChI is InChI=1S/C41H33N5/c1-30(43-45-38(32-16-7-3-8-17-32)26-27-39(45)33-18-9-4-10-19-33)36-24-15-25-37(42-36)31(2)44-46-40(34-20-11-5-12-21-34)28-29-41(46)35-22-13-6-14-23-35/h3-29H,1-2H3. The molecule has 0 amide bonds. The fourth-order valence-electron chi connectivity index (χ4n) is 5.62. The lowest BCUT2D eigenvalue weighted by Gasteiger charge is -2.12. The third kappa shape index (κ3) is 5.86. The van der Waals surface area contributed by atoms with Gasteiger partial charge in [-0.2, -0.15) is 10.2 Å². The van der Waals surface area contributed by atoms with E-state index in [1.165, 1.54) is 0 Å². The molecule has 5 heteroatoms. The zero-order valence-electron chi connectivity index (χ0n) is 25.8. The van der Waals surface area contributed by atoms with Crippen molar-refractivity contribution >= 4 is 11.4 Å². The molecular formula is C41H33N5. The molecular weight excluding hydrogens is 562 g/mol. The lowest BCUT2D eigenvalue weighted by Crippen LogP contribution is -2.09. The Balaban J connectivity index is 1.29. The van der Waals surface area contributed by atoms with Crippen molar-refractivity contribution in [2.24, 2.45) is 10.2 Å². The summed E-state index contributed by atoms with van der Waals surface area (Å²) in [5.74, 6) is 0. The Morgan fingerprint density at radius 2 is 0.652 bits per heavy atom. The SMILES string of the molecule is CC(=Nn1c(-c2ccccc2)ccc1-c1ccccc1)c1cccc(C(C)=Nn2c(-c3ccccc3)ccc2-c2ccccc2)n1. The van der Waals surface area contributed by atoms with Crippen LogP contribution in [0.25, 0.3) is 45.0 Å². The van der Waals surface area contributed by atoms with E-state index >= 15 is 0 Å². The number of aromatic nitrogens is 3. The molecule has 0 atom stereocenters. The molecule has 0 N–H and O–H groups in total. The van der Waals surface area contributed by atoms with E-state index < -0.39 is 0 Å². The summed E-state index contributed by atoms with van der Waals surface area (Å²) in [6.07, 6.45) is 0. The molecule has 0 spiro atoms. The lowest BCUT2D eigenvalue weighted by molar-refractivity contribution is 0.899. The van der Waals surface area contributed by atoms with E-state index in [4.69, 9.17) is 15.2 Å². The summed E-state index contributed by atoms with van der Waals surface area (Å²) >= 11 is 0. The van der Waals surface area contributed by atoms with Crippen molar-refractivity contribution in [3.8, 4) is 45.0 Å². The normalized spacial score (nSPS) is 12.0. The van der Waals surface area contributed by atoms with Gasteiger partial charge in [-0.3, -0.25) is 0 Å². The minimum atomic E-state index is 0.790. The maximum Gasteiger partial charge on any atom is 0.0867 e. The summed E-state index contributed by atoms with van der Waals surface area (Å²) in [5, 5.41) is 10.3. The van der Waals surface area contributed by atoms with Crippen molar-refractivity contribution in [1.29, 1.82) is 0 Å². The van der Waals surface area contributed by atoms with Crippen LogP contribution in [0.5, 0.6) is 0 Å². The van der Waals surface area contributed by atoms with Crippen LogP contribution in [0.2, 0.25) is 0 Å². The van der Waals surface area contributed by atoms with Gasteiger partial charge in [0.15, 0.2) is 0 Å². The zero-order valence-corrected chi connectivity index (χ0v) is 25.8. The molecule has 0 saturated heterocycles. The van der Waals surface area contributed by atoms with Gasteiger partial charge in [-0.1, -0.05) is 127 Å². The summed E-state index contributed by atoms with van der Waals surface area (Å²) in [6, 6.07) is 55.9. The highest BCUT2D eigenvalue weighted by molar-refractivity contribution is 6.01. The highest BCUT2D eigenvalue weighted by Gasteiger charge is 2.15. The van der Waals surface area contributed by atoms with Gasteiger partial charge in [0.1, 0.15) is 0 Å². The number of hydrogen-bond donors (Lipinski definition) is 0. The minimum absolute atomic E-state index is 0.790. The van der Waals surface area contributed by atoms with Gasteiger partial charge in [0.05, 0.1) is 45.6 Å². The molecule has 222 valence electrons. The second kappa shape index (κ2) is 12.9. The van der Waals surface area contributed by atoms with E-state index in [1.54, 1.807) is 0 Å². The van der Waals surface area contributed by atoms with Gasteiger partial charge in [0, 0.05) is 22.3 Å². The highest BCUT2D eigenvalue weighted by Crippen LogP contribution is 2.31. The Morgan fingerprint density at radius 3 is 0.935 bits per heavy atom. The summed E-state index contributed by atoms with van der Waals surface area (Å²) in [6.45, 7) is 4.02. The predicted octanol–water partition coefficient (Wildman–Crippen LogP) is 9.90. The van der Waals surface area contributed by atoms with Crippen molar-refractivity contribution in [3.63, 3.8) is 0 Å². The Hall–Kier alpha value is -6.07. The van der Waals surface area contributed by atoms with Crippen molar-refractivity contribution in [3.05, 3.63) is 175 Å². The third-order valence-electron chi connectivity index (χ3n) is 7.98. The minimum Gasteiger partial charge on any atom is -0.245 e. The Bertz CT molecular complexity index is 1870. The van der Waals surface area contributed by atoms with Crippen LogP contribution in [0.1, 0.15) is 25.2 Å². The molecule has 0 radical (unpaired) electrons. The summed E-state index contributed by atoms with van der Waals surface area (Å²) in [5.41, 5.74) is 11.6. The fraction of sp³-hybridized carbons (Fsp3) is 0.0488. The van der Waals surface area contributed by atoms with Crippen molar-refractivity contribution in [2.45, 2.75) is 13.8 Å². The summed E-state index contributed by atoms with van der Waals surface area (Å²) in [4.78, 5) is 5.06. The number of nitrogens with zero attached hydrogens (tertiary/aromatic N) is 5. The molecule has 7 aromatic rings. The largest absolute Gasteiger partial charge is 0.245 e. The molecule has 0 aliphatic rings. The average molecular weight is 596 g/mol. The Morgan fingerprint density at radius 1 is 0.370 bits per heavy atom. The Labute approximate surface area is 269 Å². The molecule has 0 unspecified atom stereocenters. The molecule has 4 aromatic carbocycles. The van der Waals surface area contributed by atoms with E-state index in [9.17, 15) is 0 Å². The topological polar surface area (TPSA) is 47.5 Å². The highest BCUT2D eigenvalue weighted by atomic mass is 15.4. The molecule has 0 fully saturated rings. The van der Waals surface area contributed by atoms with Crippen molar-refractivity contribution < 1.29 is 0 Å². The predicted molar refractivity (Wildman–Crippen MR) is 190 cm³/mol. The van der Waals surface area contributed by atoms with Crippen LogP contribution in [0, 0.1) is 0 Å². The monoisotopic (exact) mass is 595 g/mol. The molecule has 0 aliphatic heterocycles.